The van der Waals surface area contributed by atoms with Gasteiger partial charge in [-0.15, -0.1) is 0 Å². The van der Waals surface area contributed by atoms with E-state index in [0.29, 0.717) is 30.2 Å². The fourth-order valence-corrected chi connectivity index (χ4v) is 1.79. The third-order valence-corrected chi connectivity index (χ3v) is 2.91. The molecule has 0 fully saturated rings. The van der Waals surface area contributed by atoms with Crippen molar-refractivity contribution in [2.24, 2.45) is 0 Å². The lowest BCUT2D eigenvalue weighted by Crippen LogP contribution is -2.23. The molecular formula is C15H24N2O4. The number of methoxy groups -OCH3 is 3. The largest absolute Gasteiger partial charge is 0.497 e. The average Bonchev–Trinajstić information content (AvgIpc) is 2.50. The standard InChI is InChI=1S/C15H24N2O4/c1-19-10-4-8-16-9-7-15(18)17-13-11-12(20-2)5-6-14(13)21-3/h5-6,11,16H,4,7-10H2,1-3H3,(H,17,18). The molecule has 1 amide bonds. The van der Waals surface area contributed by atoms with Crippen LogP contribution in [0.4, 0.5) is 5.69 Å². The van der Waals surface area contributed by atoms with E-state index in [2.05, 4.69) is 10.6 Å². The van der Waals surface area contributed by atoms with E-state index in [-0.39, 0.29) is 5.91 Å². The Morgan fingerprint density at radius 3 is 2.62 bits per heavy atom. The van der Waals surface area contributed by atoms with Crippen molar-refractivity contribution in [2.45, 2.75) is 12.8 Å². The molecule has 0 aromatic heterocycles. The molecular weight excluding hydrogens is 272 g/mol. The molecule has 0 aliphatic heterocycles. The van der Waals surface area contributed by atoms with Gasteiger partial charge < -0.3 is 24.8 Å². The van der Waals surface area contributed by atoms with Crippen molar-refractivity contribution in [2.75, 3.05) is 46.3 Å². The summed E-state index contributed by atoms with van der Waals surface area (Å²) in [6.07, 6.45) is 1.33. The molecule has 6 nitrogen and oxygen atoms in total. The molecule has 0 spiro atoms. The van der Waals surface area contributed by atoms with E-state index < -0.39 is 0 Å². The van der Waals surface area contributed by atoms with Gasteiger partial charge in [0.1, 0.15) is 11.5 Å². The maximum atomic E-state index is 11.9. The Morgan fingerprint density at radius 2 is 1.95 bits per heavy atom. The summed E-state index contributed by atoms with van der Waals surface area (Å²) in [5.74, 6) is 1.21. The van der Waals surface area contributed by atoms with Gasteiger partial charge in [-0.1, -0.05) is 0 Å². The molecule has 1 aromatic carbocycles. The predicted octanol–water partition coefficient (Wildman–Crippen LogP) is 1.66. The quantitative estimate of drug-likeness (QED) is 0.643. The highest BCUT2D eigenvalue weighted by molar-refractivity contribution is 5.92. The van der Waals surface area contributed by atoms with Crippen molar-refractivity contribution in [1.82, 2.24) is 5.32 Å². The number of ether oxygens (including phenoxy) is 3. The average molecular weight is 296 g/mol. The summed E-state index contributed by atoms with van der Waals surface area (Å²) in [6, 6.07) is 5.28. The van der Waals surface area contributed by atoms with E-state index in [4.69, 9.17) is 14.2 Å². The number of benzene rings is 1. The van der Waals surface area contributed by atoms with E-state index >= 15 is 0 Å². The second kappa shape index (κ2) is 10.0. The Bertz CT molecular complexity index is 438. The predicted molar refractivity (Wildman–Crippen MR) is 82.2 cm³/mol. The zero-order valence-electron chi connectivity index (χ0n) is 12.9. The van der Waals surface area contributed by atoms with Gasteiger partial charge in [-0.2, -0.15) is 0 Å². The molecule has 0 aliphatic rings. The summed E-state index contributed by atoms with van der Waals surface area (Å²) in [4.78, 5) is 11.9. The number of carbonyl (C=O) groups is 1. The molecule has 1 rings (SSSR count). The zero-order valence-corrected chi connectivity index (χ0v) is 12.9. The molecule has 21 heavy (non-hydrogen) atoms. The summed E-state index contributed by atoms with van der Waals surface area (Å²) in [5.41, 5.74) is 0.612. The molecule has 0 radical (unpaired) electrons. The van der Waals surface area contributed by atoms with Crippen LogP contribution in [0.1, 0.15) is 12.8 Å². The van der Waals surface area contributed by atoms with Crippen LogP contribution in [0, 0.1) is 0 Å². The number of anilines is 1. The number of carbonyl (C=O) groups excluding carboxylic acids is 1. The first-order chi connectivity index (χ1) is 10.2. The summed E-state index contributed by atoms with van der Waals surface area (Å²) in [6.45, 7) is 2.19. The van der Waals surface area contributed by atoms with E-state index in [1.807, 2.05) is 0 Å². The fourth-order valence-electron chi connectivity index (χ4n) is 1.79. The minimum absolute atomic E-state index is 0.0687. The number of amides is 1. The Balaban J connectivity index is 2.39. The van der Waals surface area contributed by atoms with Crippen molar-refractivity contribution in [3.63, 3.8) is 0 Å². The van der Waals surface area contributed by atoms with Crippen molar-refractivity contribution >= 4 is 11.6 Å². The highest BCUT2D eigenvalue weighted by Gasteiger charge is 2.08. The molecule has 0 aliphatic carbocycles. The molecule has 118 valence electrons. The Hall–Kier alpha value is -1.79. The van der Waals surface area contributed by atoms with Crippen molar-refractivity contribution in [3.05, 3.63) is 18.2 Å². The minimum atomic E-state index is -0.0687. The van der Waals surface area contributed by atoms with Gasteiger partial charge in [0.05, 0.1) is 19.9 Å². The highest BCUT2D eigenvalue weighted by atomic mass is 16.5. The van der Waals surface area contributed by atoms with E-state index in [1.165, 1.54) is 0 Å². The van der Waals surface area contributed by atoms with Crippen LogP contribution in [0.15, 0.2) is 18.2 Å². The first-order valence-corrected chi connectivity index (χ1v) is 6.92. The lowest BCUT2D eigenvalue weighted by Gasteiger charge is -2.12. The smallest absolute Gasteiger partial charge is 0.225 e. The van der Waals surface area contributed by atoms with Crippen LogP contribution >= 0.6 is 0 Å². The SMILES string of the molecule is COCCCNCCC(=O)Nc1cc(OC)ccc1OC. The first-order valence-electron chi connectivity index (χ1n) is 6.92. The van der Waals surface area contributed by atoms with Gasteiger partial charge >= 0.3 is 0 Å². The summed E-state index contributed by atoms with van der Waals surface area (Å²) >= 11 is 0. The molecule has 0 unspecified atom stereocenters. The third kappa shape index (κ3) is 6.46. The molecule has 0 saturated heterocycles. The Kier molecular flexibility index (Phi) is 8.23. The lowest BCUT2D eigenvalue weighted by molar-refractivity contribution is -0.116. The first kappa shape index (κ1) is 17.3. The van der Waals surface area contributed by atoms with Gasteiger partial charge in [0.25, 0.3) is 0 Å². The number of hydrogen-bond acceptors (Lipinski definition) is 5. The molecule has 6 heteroatoms. The minimum Gasteiger partial charge on any atom is -0.497 e. The van der Waals surface area contributed by atoms with Crippen LogP contribution in [0.2, 0.25) is 0 Å². The molecule has 0 heterocycles. The van der Waals surface area contributed by atoms with Crippen LogP contribution in [0.25, 0.3) is 0 Å². The van der Waals surface area contributed by atoms with Gasteiger partial charge in [-0.3, -0.25) is 4.79 Å². The molecule has 2 N–H and O–H groups in total. The van der Waals surface area contributed by atoms with Crippen LogP contribution < -0.4 is 20.1 Å². The van der Waals surface area contributed by atoms with E-state index in [1.54, 1.807) is 39.5 Å². The number of nitrogens with one attached hydrogen (secondary N) is 2. The number of hydrogen-bond donors (Lipinski definition) is 2. The zero-order chi connectivity index (χ0) is 15.5. The van der Waals surface area contributed by atoms with Crippen LogP contribution in [0.5, 0.6) is 11.5 Å². The third-order valence-electron chi connectivity index (χ3n) is 2.91. The van der Waals surface area contributed by atoms with E-state index in [9.17, 15) is 4.79 Å². The van der Waals surface area contributed by atoms with Gasteiger partial charge in [-0.25, -0.2) is 0 Å². The number of rotatable bonds is 10. The van der Waals surface area contributed by atoms with Gasteiger partial charge in [-0.05, 0) is 25.1 Å². The summed E-state index contributed by atoms with van der Waals surface area (Å²) in [7, 11) is 4.82. The maximum absolute atomic E-state index is 11.9. The molecule has 0 atom stereocenters. The monoisotopic (exact) mass is 296 g/mol. The Morgan fingerprint density at radius 1 is 1.14 bits per heavy atom. The Labute approximate surface area is 125 Å². The summed E-state index contributed by atoms with van der Waals surface area (Å²) in [5, 5.41) is 6.02. The fraction of sp³-hybridized carbons (Fsp3) is 0.533. The van der Waals surface area contributed by atoms with Crippen LogP contribution in [0.3, 0.4) is 0 Å². The lowest BCUT2D eigenvalue weighted by atomic mass is 10.2. The second-order valence-electron chi connectivity index (χ2n) is 4.46. The normalized spacial score (nSPS) is 10.2. The summed E-state index contributed by atoms with van der Waals surface area (Å²) < 4.78 is 15.3. The second-order valence-corrected chi connectivity index (χ2v) is 4.46. The van der Waals surface area contributed by atoms with Crippen molar-refractivity contribution in [1.29, 1.82) is 0 Å². The molecule has 1 aromatic rings. The molecule has 0 saturated carbocycles. The van der Waals surface area contributed by atoms with Gasteiger partial charge in [0.2, 0.25) is 5.91 Å². The van der Waals surface area contributed by atoms with Crippen LogP contribution in [-0.4, -0.2) is 46.9 Å². The van der Waals surface area contributed by atoms with Crippen molar-refractivity contribution < 1.29 is 19.0 Å². The van der Waals surface area contributed by atoms with Gasteiger partial charge in [0.15, 0.2) is 0 Å². The van der Waals surface area contributed by atoms with Crippen molar-refractivity contribution in [3.8, 4) is 11.5 Å². The molecule has 0 bridgehead atoms. The van der Waals surface area contributed by atoms with Crippen LogP contribution in [-0.2, 0) is 9.53 Å². The highest BCUT2D eigenvalue weighted by Crippen LogP contribution is 2.28. The topological polar surface area (TPSA) is 68.8 Å². The van der Waals surface area contributed by atoms with Gasteiger partial charge in [0, 0.05) is 32.7 Å². The van der Waals surface area contributed by atoms with E-state index in [0.717, 1.165) is 19.6 Å². The maximum Gasteiger partial charge on any atom is 0.225 e.